The maximum absolute atomic E-state index is 15.1. The largest absolute Gasteiger partial charge is 0.205 e. The van der Waals surface area contributed by atoms with Gasteiger partial charge < -0.3 is 0 Å². The first kappa shape index (κ1) is 24.7. The van der Waals surface area contributed by atoms with Crippen LogP contribution in [0.25, 0.3) is 10.8 Å². The highest BCUT2D eigenvalue weighted by Gasteiger charge is 2.22. The van der Waals surface area contributed by atoms with Crippen LogP contribution in [0.3, 0.4) is 0 Å². The van der Waals surface area contributed by atoms with E-state index < -0.39 is 22.5 Å². The van der Waals surface area contributed by atoms with Crippen molar-refractivity contribution in [3.05, 3.63) is 81.6 Å². The van der Waals surface area contributed by atoms with Gasteiger partial charge in [0.25, 0.3) is 0 Å². The van der Waals surface area contributed by atoms with E-state index in [0.717, 1.165) is 23.4 Å². The van der Waals surface area contributed by atoms with Crippen molar-refractivity contribution in [2.75, 3.05) is 0 Å². The van der Waals surface area contributed by atoms with Crippen molar-refractivity contribution in [2.24, 2.45) is 5.92 Å². The van der Waals surface area contributed by atoms with Crippen molar-refractivity contribution < 1.29 is 13.2 Å². The number of hydrogen-bond donors (Lipinski definition) is 0. The third kappa shape index (κ3) is 5.78. The van der Waals surface area contributed by atoms with Gasteiger partial charge in [-0.1, -0.05) is 86.7 Å². The zero-order valence-corrected chi connectivity index (χ0v) is 20.3. The van der Waals surface area contributed by atoms with E-state index in [9.17, 15) is 8.78 Å². The molecule has 1 aliphatic carbocycles. The summed E-state index contributed by atoms with van der Waals surface area (Å²) in [5.41, 5.74) is 1.58. The van der Waals surface area contributed by atoms with Crippen molar-refractivity contribution >= 4 is 22.4 Å². The molecule has 0 amide bonds. The Kier molecular flexibility index (Phi) is 8.22. The van der Waals surface area contributed by atoms with E-state index in [1.807, 2.05) is 18.2 Å². The fourth-order valence-electron chi connectivity index (χ4n) is 5.07. The van der Waals surface area contributed by atoms with Gasteiger partial charge >= 0.3 is 0 Å². The van der Waals surface area contributed by atoms with Gasteiger partial charge in [0.1, 0.15) is 22.5 Å². The summed E-state index contributed by atoms with van der Waals surface area (Å²) in [7, 11) is 0. The molecule has 4 heteroatoms. The molecule has 0 spiro atoms. The number of benzene rings is 3. The number of fused-ring (bicyclic) bond motifs is 1. The van der Waals surface area contributed by atoms with Crippen LogP contribution in [-0.2, 0) is 0 Å². The molecule has 0 N–H and O–H groups in total. The lowest BCUT2D eigenvalue weighted by Crippen LogP contribution is -2.13. The first-order valence-electron chi connectivity index (χ1n) is 12.3. The van der Waals surface area contributed by atoms with E-state index in [-0.39, 0.29) is 11.1 Å². The summed E-state index contributed by atoms with van der Waals surface area (Å²) in [6.07, 6.45) is 11.6. The van der Waals surface area contributed by atoms with E-state index in [0.29, 0.717) is 11.3 Å². The van der Waals surface area contributed by atoms with Crippen LogP contribution in [-0.4, -0.2) is 0 Å². The molecule has 0 radical (unpaired) electrons. The minimum atomic E-state index is -0.886. The van der Waals surface area contributed by atoms with Gasteiger partial charge in [0.15, 0.2) is 0 Å². The van der Waals surface area contributed by atoms with E-state index >= 15 is 4.39 Å². The standard InChI is InChI=1S/C30H30ClF3/c1-2-3-4-5-6-20-7-10-22(11-8-20)24-15-16-26-25(19-24)14-13-23(30(26)34)12-9-21-17-27(32)29(31)28(33)18-21/h13-20,22H,2-8,10-11H2,1H3. The average molecular weight is 483 g/mol. The maximum Gasteiger partial charge on any atom is 0.146 e. The Morgan fingerprint density at radius 3 is 2.29 bits per heavy atom. The van der Waals surface area contributed by atoms with Crippen LogP contribution in [0.15, 0.2) is 42.5 Å². The van der Waals surface area contributed by atoms with Crippen LogP contribution in [0, 0.1) is 35.2 Å². The fourth-order valence-corrected chi connectivity index (χ4v) is 5.18. The number of halogens is 4. The molecule has 0 aromatic heterocycles. The van der Waals surface area contributed by atoms with Gasteiger partial charge in [-0.3, -0.25) is 0 Å². The first-order valence-corrected chi connectivity index (χ1v) is 12.7. The Bertz CT molecular complexity index is 1190. The monoisotopic (exact) mass is 482 g/mol. The van der Waals surface area contributed by atoms with Gasteiger partial charge in [0.2, 0.25) is 0 Å². The molecule has 0 saturated heterocycles. The summed E-state index contributed by atoms with van der Waals surface area (Å²) in [6.45, 7) is 2.25. The Hall–Kier alpha value is -2.44. The molecule has 178 valence electrons. The van der Waals surface area contributed by atoms with Crippen molar-refractivity contribution in [1.29, 1.82) is 0 Å². The lowest BCUT2D eigenvalue weighted by atomic mass is 9.76. The molecule has 0 atom stereocenters. The first-order chi connectivity index (χ1) is 16.5. The zero-order chi connectivity index (χ0) is 24.1. The normalized spacial score (nSPS) is 18.0. The third-order valence-electron chi connectivity index (χ3n) is 7.09. The molecule has 4 rings (SSSR count). The Labute approximate surface area is 205 Å². The molecule has 0 bridgehead atoms. The van der Waals surface area contributed by atoms with Crippen LogP contribution in [0.5, 0.6) is 0 Å². The van der Waals surface area contributed by atoms with E-state index in [1.54, 1.807) is 6.07 Å². The quantitative estimate of drug-likeness (QED) is 0.186. The van der Waals surface area contributed by atoms with Crippen LogP contribution < -0.4 is 0 Å². The molecule has 0 aliphatic heterocycles. The zero-order valence-electron chi connectivity index (χ0n) is 19.6. The second kappa shape index (κ2) is 11.3. The summed E-state index contributed by atoms with van der Waals surface area (Å²) in [5, 5.41) is 0.790. The van der Waals surface area contributed by atoms with Gasteiger partial charge in [-0.25, -0.2) is 13.2 Å². The molecule has 0 heterocycles. The number of rotatable bonds is 6. The van der Waals surface area contributed by atoms with Gasteiger partial charge in [-0.2, -0.15) is 0 Å². The van der Waals surface area contributed by atoms with Crippen molar-refractivity contribution in [2.45, 2.75) is 70.6 Å². The Morgan fingerprint density at radius 1 is 0.853 bits per heavy atom. The number of unbranched alkanes of at least 4 members (excludes halogenated alkanes) is 3. The molecular formula is C30H30ClF3. The SMILES string of the molecule is CCCCCCC1CCC(c2ccc3c(F)c(C#Cc4cc(F)c(Cl)c(F)c4)ccc3c2)CC1. The minimum absolute atomic E-state index is 0.107. The molecule has 3 aromatic carbocycles. The molecule has 3 aromatic rings. The van der Waals surface area contributed by atoms with E-state index in [2.05, 4.69) is 24.8 Å². The second-order valence-corrected chi connectivity index (χ2v) is 9.86. The van der Waals surface area contributed by atoms with Crippen LogP contribution >= 0.6 is 11.6 Å². The van der Waals surface area contributed by atoms with Crippen molar-refractivity contribution in [3.63, 3.8) is 0 Å². The molecule has 0 nitrogen and oxygen atoms in total. The molecule has 1 aliphatic rings. The molecule has 1 saturated carbocycles. The average Bonchev–Trinajstić information content (AvgIpc) is 2.85. The number of hydrogen-bond acceptors (Lipinski definition) is 0. The Balaban J connectivity index is 1.46. The van der Waals surface area contributed by atoms with Crippen molar-refractivity contribution in [1.82, 2.24) is 0 Å². The highest BCUT2D eigenvalue weighted by molar-refractivity contribution is 6.30. The van der Waals surface area contributed by atoms with Gasteiger partial charge in [0, 0.05) is 10.9 Å². The fraction of sp³-hybridized carbons (Fsp3) is 0.400. The van der Waals surface area contributed by atoms with Crippen LogP contribution in [0.1, 0.15) is 87.3 Å². The van der Waals surface area contributed by atoms with Gasteiger partial charge in [-0.15, -0.1) is 0 Å². The predicted molar refractivity (Wildman–Crippen MR) is 135 cm³/mol. The predicted octanol–water partition coefficient (Wildman–Crippen LogP) is 9.55. The van der Waals surface area contributed by atoms with Crippen molar-refractivity contribution in [3.8, 4) is 11.8 Å². The van der Waals surface area contributed by atoms with Crippen LogP contribution in [0.4, 0.5) is 13.2 Å². The summed E-state index contributed by atoms with van der Waals surface area (Å²) in [5.74, 6) is 4.54. The lowest BCUT2D eigenvalue weighted by Gasteiger charge is -2.29. The third-order valence-corrected chi connectivity index (χ3v) is 7.45. The van der Waals surface area contributed by atoms with Gasteiger partial charge in [-0.05, 0) is 66.7 Å². The highest BCUT2D eigenvalue weighted by Crippen LogP contribution is 2.39. The topological polar surface area (TPSA) is 0 Å². The second-order valence-electron chi connectivity index (χ2n) is 9.48. The molecule has 1 fully saturated rings. The summed E-state index contributed by atoms with van der Waals surface area (Å²) >= 11 is 5.51. The molecule has 0 unspecified atom stereocenters. The lowest BCUT2D eigenvalue weighted by molar-refractivity contribution is 0.302. The van der Waals surface area contributed by atoms with E-state index in [1.165, 1.54) is 63.4 Å². The minimum Gasteiger partial charge on any atom is -0.205 e. The summed E-state index contributed by atoms with van der Waals surface area (Å²) < 4.78 is 42.4. The maximum atomic E-state index is 15.1. The summed E-state index contributed by atoms with van der Waals surface area (Å²) in [6, 6.07) is 11.6. The smallest absolute Gasteiger partial charge is 0.146 e. The Morgan fingerprint density at radius 2 is 1.59 bits per heavy atom. The van der Waals surface area contributed by atoms with E-state index in [4.69, 9.17) is 11.6 Å². The molecular weight excluding hydrogens is 453 g/mol. The highest BCUT2D eigenvalue weighted by atomic mass is 35.5. The summed E-state index contributed by atoms with van der Waals surface area (Å²) in [4.78, 5) is 0. The molecule has 34 heavy (non-hydrogen) atoms. The van der Waals surface area contributed by atoms with Gasteiger partial charge in [0.05, 0.1) is 5.56 Å². The van der Waals surface area contributed by atoms with Crippen LogP contribution in [0.2, 0.25) is 5.02 Å².